The summed E-state index contributed by atoms with van der Waals surface area (Å²) >= 11 is 0. The standard InChI is InChI=1S/C19H20N4O3/c1-22(2)7-8-23-11-21-19-17(18(23)20)16(14-4-3-9-25-14)13-6-5-12(24)10-15(13)26-19/h3-6,9-11,16,20,24H,7-8H2,1-2H3/p+2/t16-/m0/s1. The molecule has 0 aliphatic carbocycles. The van der Waals surface area contributed by atoms with Crippen LogP contribution in [0.5, 0.6) is 17.4 Å². The van der Waals surface area contributed by atoms with E-state index < -0.39 is 0 Å². The average Bonchev–Trinajstić information content (AvgIpc) is 3.13. The van der Waals surface area contributed by atoms with Gasteiger partial charge in [0.15, 0.2) is 0 Å². The highest BCUT2D eigenvalue weighted by atomic mass is 16.5. The second-order valence-electron chi connectivity index (χ2n) is 6.77. The Morgan fingerprint density at radius 1 is 1.31 bits per heavy atom. The van der Waals surface area contributed by atoms with Crippen LogP contribution in [-0.4, -0.2) is 30.7 Å². The van der Waals surface area contributed by atoms with Crippen molar-refractivity contribution in [3.63, 3.8) is 0 Å². The van der Waals surface area contributed by atoms with Crippen molar-refractivity contribution >= 4 is 5.82 Å². The Bertz CT molecular complexity index is 938. The molecule has 0 spiro atoms. The third kappa shape index (κ3) is 2.76. The Balaban J connectivity index is 1.87. The summed E-state index contributed by atoms with van der Waals surface area (Å²) in [5.74, 6) is 2.26. The van der Waals surface area contributed by atoms with E-state index in [1.165, 1.54) is 4.90 Å². The molecule has 7 nitrogen and oxygen atoms in total. The summed E-state index contributed by atoms with van der Waals surface area (Å²) in [5.41, 5.74) is 8.19. The lowest BCUT2D eigenvalue weighted by atomic mass is 9.87. The fraction of sp³-hybridized carbons (Fsp3) is 0.263. The van der Waals surface area contributed by atoms with Gasteiger partial charge in [-0.15, -0.1) is 0 Å². The van der Waals surface area contributed by atoms with Gasteiger partial charge in [-0.25, -0.2) is 4.57 Å². The first-order valence-electron chi connectivity index (χ1n) is 8.55. The molecule has 0 saturated heterocycles. The quantitative estimate of drug-likeness (QED) is 0.469. The van der Waals surface area contributed by atoms with E-state index in [2.05, 4.69) is 19.1 Å². The van der Waals surface area contributed by atoms with Crippen molar-refractivity contribution in [2.75, 3.05) is 26.4 Å². The molecule has 0 fully saturated rings. The van der Waals surface area contributed by atoms with E-state index in [0.29, 0.717) is 17.4 Å². The Kier molecular flexibility index (Phi) is 4.00. The molecular formula is C19H22N4O3+2. The molecule has 134 valence electrons. The van der Waals surface area contributed by atoms with E-state index in [-0.39, 0.29) is 11.7 Å². The monoisotopic (exact) mass is 354 g/mol. The zero-order valence-corrected chi connectivity index (χ0v) is 14.8. The first-order chi connectivity index (χ1) is 12.5. The molecular weight excluding hydrogens is 332 g/mol. The fourth-order valence-corrected chi connectivity index (χ4v) is 3.25. The number of furan rings is 1. The SMILES string of the molecule is C[NH+](C)CC[n+]1cnc2c(c1N)[C@H](c1ccco1)c1ccc(O)cc1O2. The van der Waals surface area contributed by atoms with E-state index in [1.54, 1.807) is 24.7 Å². The predicted molar refractivity (Wildman–Crippen MR) is 94.4 cm³/mol. The minimum atomic E-state index is -0.240. The molecule has 0 radical (unpaired) electrons. The van der Waals surface area contributed by atoms with E-state index in [4.69, 9.17) is 14.9 Å². The summed E-state index contributed by atoms with van der Waals surface area (Å²) in [5, 5.41) is 9.82. The van der Waals surface area contributed by atoms with Gasteiger partial charge in [0.2, 0.25) is 12.1 Å². The molecule has 26 heavy (non-hydrogen) atoms. The third-order valence-corrected chi connectivity index (χ3v) is 4.61. The van der Waals surface area contributed by atoms with Crippen molar-refractivity contribution in [2.24, 2.45) is 0 Å². The maximum Gasteiger partial charge on any atom is 0.306 e. The molecule has 1 aliphatic rings. The number of nitrogens with two attached hydrogens (primary N) is 1. The van der Waals surface area contributed by atoms with Gasteiger partial charge in [-0.05, 0) is 18.2 Å². The molecule has 0 unspecified atom stereocenters. The molecule has 7 heteroatoms. The van der Waals surface area contributed by atoms with Gasteiger partial charge in [-0.3, -0.25) is 0 Å². The van der Waals surface area contributed by atoms with Crippen LogP contribution in [0.1, 0.15) is 22.8 Å². The number of nitrogens with one attached hydrogen (secondary N) is 1. The van der Waals surface area contributed by atoms with Gasteiger partial charge in [0.1, 0.15) is 35.9 Å². The lowest BCUT2D eigenvalue weighted by molar-refractivity contribution is -0.882. The van der Waals surface area contributed by atoms with Crippen molar-refractivity contribution in [2.45, 2.75) is 12.5 Å². The van der Waals surface area contributed by atoms with Crippen molar-refractivity contribution in [1.82, 2.24) is 4.98 Å². The van der Waals surface area contributed by atoms with Crippen molar-refractivity contribution in [3.8, 4) is 17.4 Å². The van der Waals surface area contributed by atoms with Crippen molar-refractivity contribution < 1.29 is 23.7 Å². The van der Waals surface area contributed by atoms with Crippen LogP contribution in [0.25, 0.3) is 0 Å². The molecule has 1 aromatic carbocycles. The number of phenols is 1. The van der Waals surface area contributed by atoms with E-state index >= 15 is 0 Å². The molecule has 1 aliphatic heterocycles. The molecule has 1 atom stereocenters. The third-order valence-electron chi connectivity index (χ3n) is 4.61. The fourth-order valence-electron chi connectivity index (χ4n) is 3.25. The summed E-state index contributed by atoms with van der Waals surface area (Å²) in [7, 11) is 4.19. The average molecular weight is 354 g/mol. The zero-order valence-electron chi connectivity index (χ0n) is 14.8. The summed E-state index contributed by atoms with van der Waals surface area (Å²) in [6.07, 6.45) is 3.34. The summed E-state index contributed by atoms with van der Waals surface area (Å²) in [6.45, 7) is 1.67. The first kappa shape index (κ1) is 16.4. The topological polar surface area (TPSA) is 89.8 Å². The molecule has 4 N–H and O–H groups in total. The van der Waals surface area contributed by atoms with Crippen LogP contribution in [0.15, 0.2) is 47.3 Å². The maximum absolute atomic E-state index is 9.82. The van der Waals surface area contributed by atoms with Gasteiger partial charge >= 0.3 is 5.88 Å². The lowest BCUT2D eigenvalue weighted by Gasteiger charge is -2.25. The van der Waals surface area contributed by atoms with Crippen LogP contribution >= 0.6 is 0 Å². The highest BCUT2D eigenvalue weighted by molar-refractivity contribution is 5.60. The number of hydrogen-bond donors (Lipinski definition) is 3. The Morgan fingerprint density at radius 3 is 2.88 bits per heavy atom. The minimum Gasteiger partial charge on any atom is -0.508 e. The van der Waals surface area contributed by atoms with Crippen LogP contribution in [-0.2, 0) is 6.54 Å². The number of rotatable bonds is 4. The van der Waals surface area contributed by atoms with Crippen molar-refractivity contribution in [3.05, 3.63) is 59.8 Å². The number of phenolic OH excluding ortho intramolecular Hbond substituents is 1. The number of aromatic nitrogens is 2. The van der Waals surface area contributed by atoms with E-state index in [9.17, 15) is 5.11 Å². The van der Waals surface area contributed by atoms with Gasteiger partial charge in [0.25, 0.3) is 0 Å². The second kappa shape index (κ2) is 6.34. The minimum absolute atomic E-state index is 0.137. The number of nitrogen functional groups attached to an aromatic ring is 1. The van der Waals surface area contributed by atoms with Crippen LogP contribution in [0, 0.1) is 0 Å². The first-order valence-corrected chi connectivity index (χ1v) is 8.55. The van der Waals surface area contributed by atoms with Gasteiger partial charge in [0.05, 0.1) is 26.3 Å². The van der Waals surface area contributed by atoms with Gasteiger partial charge in [-0.2, -0.15) is 0 Å². The van der Waals surface area contributed by atoms with E-state index in [0.717, 1.165) is 30.0 Å². The number of quaternary nitrogens is 1. The second-order valence-corrected chi connectivity index (χ2v) is 6.77. The van der Waals surface area contributed by atoms with Gasteiger partial charge in [-0.1, -0.05) is 11.1 Å². The molecule has 0 saturated carbocycles. The Morgan fingerprint density at radius 2 is 2.15 bits per heavy atom. The van der Waals surface area contributed by atoms with Crippen LogP contribution in [0.2, 0.25) is 0 Å². The number of benzene rings is 1. The van der Waals surface area contributed by atoms with Gasteiger partial charge in [0, 0.05) is 11.6 Å². The van der Waals surface area contributed by atoms with Crippen LogP contribution < -0.4 is 19.9 Å². The summed E-state index contributed by atoms with van der Waals surface area (Å²) in [4.78, 5) is 5.80. The van der Waals surface area contributed by atoms with Crippen molar-refractivity contribution in [1.29, 1.82) is 0 Å². The normalized spacial score (nSPS) is 15.4. The zero-order chi connectivity index (χ0) is 18.3. The number of hydrogen-bond acceptors (Lipinski definition) is 5. The highest BCUT2D eigenvalue weighted by Crippen LogP contribution is 2.48. The van der Waals surface area contributed by atoms with Gasteiger partial charge < -0.3 is 24.9 Å². The summed E-state index contributed by atoms with van der Waals surface area (Å²) in [6, 6.07) is 8.82. The van der Waals surface area contributed by atoms with Crippen LogP contribution in [0.3, 0.4) is 0 Å². The van der Waals surface area contributed by atoms with Crippen LogP contribution in [0.4, 0.5) is 5.82 Å². The number of nitrogens with zero attached hydrogens (tertiary/aromatic N) is 2. The molecule has 2 aromatic heterocycles. The number of aromatic hydroxyl groups is 1. The molecule has 0 bridgehead atoms. The summed E-state index contributed by atoms with van der Waals surface area (Å²) < 4.78 is 13.6. The molecule has 0 amide bonds. The highest BCUT2D eigenvalue weighted by Gasteiger charge is 2.37. The largest absolute Gasteiger partial charge is 0.508 e. The smallest absolute Gasteiger partial charge is 0.306 e. The number of likely N-dealkylation sites (N-methyl/N-ethyl adjacent to an activating group) is 1. The van der Waals surface area contributed by atoms with E-state index in [1.807, 2.05) is 22.8 Å². The number of anilines is 1. The molecule has 4 rings (SSSR count). The maximum atomic E-state index is 9.82. The molecule has 3 heterocycles. The number of ether oxygens (including phenoxy) is 1. The number of fused-ring (bicyclic) bond motifs is 2. The lowest BCUT2D eigenvalue weighted by Crippen LogP contribution is -3.06. The molecule has 3 aromatic rings. The predicted octanol–water partition coefficient (Wildman–Crippen LogP) is 0.680. The Hall–Kier alpha value is -3.06. The Labute approximate surface area is 151 Å².